The van der Waals surface area contributed by atoms with Crippen LogP contribution in [0, 0.1) is 12.7 Å². The lowest BCUT2D eigenvalue weighted by Crippen LogP contribution is -2.31. The van der Waals surface area contributed by atoms with Gasteiger partial charge in [-0.3, -0.25) is 9.48 Å². The number of fused-ring (bicyclic) bond motifs is 1. The van der Waals surface area contributed by atoms with Crippen LogP contribution in [0.1, 0.15) is 46.1 Å². The van der Waals surface area contributed by atoms with E-state index in [1.807, 2.05) is 49.1 Å². The Morgan fingerprint density at radius 3 is 2.78 bits per heavy atom. The molecule has 0 saturated heterocycles. The van der Waals surface area contributed by atoms with E-state index in [-0.39, 0.29) is 17.8 Å². The summed E-state index contributed by atoms with van der Waals surface area (Å²) in [5.74, 6) is -0.501. The van der Waals surface area contributed by atoms with Gasteiger partial charge in [0.1, 0.15) is 11.5 Å². The van der Waals surface area contributed by atoms with Gasteiger partial charge in [-0.1, -0.05) is 23.8 Å². The number of rotatable bonds is 4. The highest BCUT2D eigenvalue weighted by Crippen LogP contribution is 2.31. The summed E-state index contributed by atoms with van der Waals surface area (Å²) < 4.78 is 16.9. The highest BCUT2D eigenvalue weighted by Gasteiger charge is 2.27. The maximum absolute atomic E-state index is 13.5. The van der Waals surface area contributed by atoms with Crippen LogP contribution in [0.2, 0.25) is 0 Å². The van der Waals surface area contributed by atoms with Crippen LogP contribution >= 0.6 is 0 Å². The first-order valence-electron chi connectivity index (χ1n) is 10.7. The van der Waals surface area contributed by atoms with E-state index in [9.17, 15) is 9.18 Å². The molecule has 0 saturated carbocycles. The van der Waals surface area contributed by atoms with E-state index in [0.717, 1.165) is 36.0 Å². The molecule has 1 atom stereocenters. The number of aryl methyl sites for hydroxylation is 2. The number of hydrogen-bond donors (Lipinski definition) is 1. The van der Waals surface area contributed by atoms with E-state index in [1.165, 1.54) is 17.8 Å². The molecule has 32 heavy (non-hydrogen) atoms. The van der Waals surface area contributed by atoms with Crippen LogP contribution in [-0.2, 0) is 13.5 Å². The molecule has 0 aliphatic heterocycles. The van der Waals surface area contributed by atoms with Crippen LogP contribution in [0.3, 0.4) is 0 Å². The molecule has 0 bridgehead atoms. The number of nitrogens with zero attached hydrogens (tertiary/aromatic N) is 4. The van der Waals surface area contributed by atoms with Crippen molar-refractivity contribution in [3.8, 4) is 16.9 Å². The highest BCUT2D eigenvalue weighted by atomic mass is 19.1. The SMILES string of the molecule is Cc1cccc(-c2nn(-c3ccc(F)cc3)cc2C(=O)NC2CCCc3c2cnn3C)c1. The van der Waals surface area contributed by atoms with E-state index in [2.05, 4.69) is 10.4 Å². The van der Waals surface area contributed by atoms with E-state index in [4.69, 9.17) is 5.10 Å². The van der Waals surface area contributed by atoms with Crippen molar-refractivity contribution in [2.75, 3.05) is 0 Å². The van der Waals surface area contributed by atoms with Gasteiger partial charge in [-0.15, -0.1) is 0 Å². The number of hydrogen-bond acceptors (Lipinski definition) is 3. The fourth-order valence-electron chi connectivity index (χ4n) is 4.36. The fraction of sp³-hybridized carbons (Fsp3) is 0.240. The van der Waals surface area contributed by atoms with Gasteiger partial charge in [0.25, 0.3) is 5.91 Å². The molecule has 1 N–H and O–H groups in total. The molecule has 0 spiro atoms. The average molecular weight is 429 g/mol. The van der Waals surface area contributed by atoms with Crippen molar-refractivity contribution in [1.82, 2.24) is 24.9 Å². The summed E-state index contributed by atoms with van der Waals surface area (Å²) in [5, 5.41) is 12.3. The molecular formula is C25H24FN5O. The normalized spacial score (nSPS) is 15.4. The van der Waals surface area contributed by atoms with Gasteiger partial charge in [-0.05, 0) is 56.5 Å². The van der Waals surface area contributed by atoms with Crippen molar-refractivity contribution in [2.24, 2.45) is 7.05 Å². The van der Waals surface area contributed by atoms with Crippen LogP contribution in [0.25, 0.3) is 16.9 Å². The molecule has 1 aliphatic carbocycles. The van der Waals surface area contributed by atoms with E-state index in [0.29, 0.717) is 16.9 Å². The van der Waals surface area contributed by atoms with Crippen molar-refractivity contribution in [1.29, 1.82) is 0 Å². The molecule has 1 unspecified atom stereocenters. The molecule has 4 aromatic rings. The van der Waals surface area contributed by atoms with E-state index < -0.39 is 0 Å². The predicted octanol–water partition coefficient (Wildman–Crippen LogP) is 4.53. The Morgan fingerprint density at radius 1 is 1.19 bits per heavy atom. The number of halogens is 1. The smallest absolute Gasteiger partial charge is 0.255 e. The number of carbonyl (C=O) groups excluding carboxylic acids is 1. The Morgan fingerprint density at radius 2 is 2.00 bits per heavy atom. The molecule has 7 heteroatoms. The minimum atomic E-state index is -0.317. The molecule has 6 nitrogen and oxygen atoms in total. The number of nitrogens with one attached hydrogen (secondary N) is 1. The summed E-state index contributed by atoms with van der Waals surface area (Å²) in [6.45, 7) is 2.01. The van der Waals surface area contributed by atoms with Crippen molar-refractivity contribution >= 4 is 5.91 Å². The zero-order valence-electron chi connectivity index (χ0n) is 18.0. The van der Waals surface area contributed by atoms with Crippen molar-refractivity contribution < 1.29 is 9.18 Å². The average Bonchev–Trinajstić information content (AvgIpc) is 3.40. The van der Waals surface area contributed by atoms with Crippen LogP contribution in [0.15, 0.2) is 60.9 Å². The maximum atomic E-state index is 13.5. The summed E-state index contributed by atoms with van der Waals surface area (Å²) in [4.78, 5) is 13.5. The third-order valence-corrected chi connectivity index (χ3v) is 6.02. The summed E-state index contributed by atoms with van der Waals surface area (Å²) in [7, 11) is 1.94. The van der Waals surface area contributed by atoms with Gasteiger partial charge in [0.15, 0.2) is 0 Å². The standard InChI is InChI=1S/C25H24FN5O/c1-16-5-3-6-17(13-16)24-21(15-31(29-24)19-11-9-18(26)10-12-19)25(32)28-22-7-4-8-23-20(22)14-27-30(23)2/h3,5-6,9-15,22H,4,7-8H2,1-2H3,(H,28,32). The Hall–Kier alpha value is -3.74. The molecule has 0 radical (unpaired) electrons. The van der Waals surface area contributed by atoms with Gasteiger partial charge >= 0.3 is 0 Å². The monoisotopic (exact) mass is 429 g/mol. The highest BCUT2D eigenvalue weighted by molar-refractivity contribution is 6.00. The first-order chi connectivity index (χ1) is 15.5. The number of benzene rings is 2. The largest absolute Gasteiger partial charge is 0.345 e. The fourth-order valence-corrected chi connectivity index (χ4v) is 4.36. The molecule has 1 aliphatic rings. The van der Waals surface area contributed by atoms with Gasteiger partial charge < -0.3 is 5.32 Å². The number of carbonyl (C=O) groups is 1. The minimum absolute atomic E-state index is 0.0838. The lowest BCUT2D eigenvalue weighted by Gasteiger charge is -2.23. The summed E-state index contributed by atoms with van der Waals surface area (Å²) >= 11 is 0. The molecule has 1 amide bonds. The Labute approximate surface area is 185 Å². The molecule has 2 aromatic heterocycles. The third kappa shape index (κ3) is 3.70. The molecule has 0 fully saturated rings. The molecular weight excluding hydrogens is 405 g/mol. The van der Waals surface area contributed by atoms with Crippen molar-refractivity contribution in [3.05, 3.63) is 89.1 Å². The Bertz CT molecular complexity index is 1290. The Kier molecular flexibility index (Phi) is 5.09. The molecule has 162 valence electrons. The minimum Gasteiger partial charge on any atom is -0.345 e. The predicted molar refractivity (Wildman–Crippen MR) is 120 cm³/mol. The van der Waals surface area contributed by atoms with Gasteiger partial charge in [-0.25, -0.2) is 9.07 Å². The summed E-state index contributed by atoms with van der Waals surface area (Å²) in [5.41, 5.74) is 5.96. The molecule has 2 aromatic carbocycles. The first kappa shape index (κ1) is 20.2. The third-order valence-electron chi connectivity index (χ3n) is 6.02. The molecule has 2 heterocycles. The van der Waals surface area contributed by atoms with Crippen LogP contribution < -0.4 is 5.32 Å². The summed E-state index contributed by atoms with van der Waals surface area (Å²) in [6, 6.07) is 13.9. The molecule has 5 rings (SSSR count). The van der Waals surface area contributed by atoms with Gasteiger partial charge in [0, 0.05) is 30.1 Å². The van der Waals surface area contributed by atoms with Crippen LogP contribution in [0.4, 0.5) is 4.39 Å². The van der Waals surface area contributed by atoms with Gasteiger partial charge in [0.2, 0.25) is 0 Å². The zero-order chi connectivity index (χ0) is 22.2. The first-order valence-corrected chi connectivity index (χ1v) is 10.7. The number of amides is 1. The van der Waals surface area contributed by atoms with Gasteiger partial charge in [-0.2, -0.15) is 10.2 Å². The lowest BCUT2D eigenvalue weighted by atomic mass is 9.92. The van der Waals surface area contributed by atoms with Crippen molar-refractivity contribution in [2.45, 2.75) is 32.2 Å². The topological polar surface area (TPSA) is 64.7 Å². The summed E-state index contributed by atoms with van der Waals surface area (Å²) in [6.07, 6.45) is 6.40. The second-order valence-corrected chi connectivity index (χ2v) is 8.27. The second kappa shape index (κ2) is 8.07. The quantitative estimate of drug-likeness (QED) is 0.519. The van der Waals surface area contributed by atoms with Gasteiger partial charge in [0.05, 0.1) is 23.5 Å². The van der Waals surface area contributed by atoms with Crippen LogP contribution in [-0.4, -0.2) is 25.5 Å². The second-order valence-electron chi connectivity index (χ2n) is 8.27. The Balaban J connectivity index is 1.53. The van der Waals surface area contributed by atoms with E-state index in [1.54, 1.807) is 23.0 Å². The van der Waals surface area contributed by atoms with E-state index >= 15 is 0 Å². The zero-order valence-corrected chi connectivity index (χ0v) is 18.0. The number of aromatic nitrogens is 4. The maximum Gasteiger partial charge on any atom is 0.255 e. The lowest BCUT2D eigenvalue weighted by molar-refractivity contribution is 0.0933. The van der Waals surface area contributed by atoms with Crippen molar-refractivity contribution in [3.63, 3.8) is 0 Å². The van der Waals surface area contributed by atoms with Crippen LogP contribution in [0.5, 0.6) is 0 Å².